The van der Waals surface area contributed by atoms with E-state index in [2.05, 4.69) is 53.2 Å². The molecule has 1 unspecified atom stereocenters. The number of carbonyl (C=O) groups is 1. The summed E-state index contributed by atoms with van der Waals surface area (Å²) >= 11 is 0. The lowest BCUT2D eigenvalue weighted by Crippen LogP contribution is -2.40. The molecule has 38 heavy (non-hydrogen) atoms. The number of fused-ring (bicyclic) bond motifs is 2. The number of nitrogens with zero attached hydrogens (tertiary/aromatic N) is 1. The molecule has 2 aliphatic rings. The fraction of sp³-hybridized carbons (Fsp3) is 0.303. The first kappa shape index (κ1) is 25.8. The van der Waals surface area contributed by atoms with E-state index >= 15 is 0 Å². The van der Waals surface area contributed by atoms with Gasteiger partial charge < -0.3 is 9.84 Å². The summed E-state index contributed by atoms with van der Waals surface area (Å²) in [7, 11) is 0. The molecule has 0 bridgehead atoms. The third-order valence-corrected chi connectivity index (χ3v) is 7.72. The number of likely N-dealkylation sites (tertiary alicyclic amines) is 1. The summed E-state index contributed by atoms with van der Waals surface area (Å²) in [5.41, 5.74) is 5.19. The van der Waals surface area contributed by atoms with Crippen LogP contribution in [-0.4, -0.2) is 29.1 Å². The van der Waals surface area contributed by atoms with Crippen LogP contribution in [0.3, 0.4) is 0 Å². The second-order valence-electron chi connectivity index (χ2n) is 10.2. The average molecular weight is 510 g/mol. The Hall–Kier alpha value is -3.88. The molecule has 1 heterocycles. The number of carboxylic acid groups (broad SMARTS) is 1. The molecule has 1 spiro atoms. The van der Waals surface area contributed by atoms with E-state index in [4.69, 9.17) is 9.84 Å². The highest BCUT2D eigenvalue weighted by Crippen LogP contribution is 2.43. The van der Waals surface area contributed by atoms with E-state index in [9.17, 15) is 9.18 Å². The number of carboxylic acids is 1. The van der Waals surface area contributed by atoms with Gasteiger partial charge in [-0.15, -0.1) is 5.92 Å². The van der Waals surface area contributed by atoms with E-state index in [0.717, 1.165) is 37.1 Å². The van der Waals surface area contributed by atoms with E-state index in [1.54, 1.807) is 25.1 Å². The minimum absolute atomic E-state index is 0.0457. The Balaban J connectivity index is 1.15. The molecule has 1 N–H and O–H groups in total. The molecule has 5 heteroatoms. The lowest BCUT2D eigenvalue weighted by atomic mass is 9.74. The molecule has 1 atom stereocenters. The van der Waals surface area contributed by atoms with Crippen LogP contribution < -0.4 is 4.74 Å². The van der Waals surface area contributed by atoms with Crippen LogP contribution in [0, 0.1) is 17.7 Å². The summed E-state index contributed by atoms with van der Waals surface area (Å²) in [5, 5.41) is 9.12. The molecule has 0 amide bonds. The summed E-state index contributed by atoms with van der Waals surface area (Å²) in [6.07, 6.45) is 6.67. The fourth-order valence-electron chi connectivity index (χ4n) is 5.59. The molecule has 1 aliphatic heterocycles. The lowest BCUT2D eigenvalue weighted by molar-refractivity contribution is -0.137. The SMILES string of the molecule is CC#CC(CC(=O)O)c1ccc(OCc2ccc(CN3CCC4(C=Cc5ccccc54)CC3)c(F)c2)cc1. The van der Waals surface area contributed by atoms with E-state index in [0.29, 0.717) is 17.9 Å². The summed E-state index contributed by atoms with van der Waals surface area (Å²) in [6.45, 7) is 4.44. The first-order chi connectivity index (χ1) is 18.5. The third-order valence-electron chi connectivity index (χ3n) is 7.72. The predicted octanol–water partition coefficient (Wildman–Crippen LogP) is 6.55. The van der Waals surface area contributed by atoms with Crippen LogP contribution in [0.5, 0.6) is 5.75 Å². The molecule has 3 aromatic rings. The number of hydrogen-bond donors (Lipinski definition) is 1. The van der Waals surface area contributed by atoms with Crippen LogP contribution in [0.25, 0.3) is 6.08 Å². The van der Waals surface area contributed by atoms with Crippen LogP contribution >= 0.6 is 0 Å². The van der Waals surface area contributed by atoms with Crippen LogP contribution in [0.2, 0.25) is 0 Å². The van der Waals surface area contributed by atoms with Gasteiger partial charge in [-0.2, -0.15) is 0 Å². The predicted molar refractivity (Wildman–Crippen MR) is 147 cm³/mol. The van der Waals surface area contributed by atoms with Gasteiger partial charge in [0, 0.05) is 17.5 Å². The highest BCUT2D eigenvalue weighted by Gasteiger charge is 2.37. The second kappa shape index (κ2) is 11.2. The molecule has 0 radical (unpaired) electrons. The summed E-state index contributed by atoms with van der Waals surface area (Å²) < 4.78 is 20.8. The third kappa shape index (κ3) is 5.66. The fourth-order valence-corrected chi connectivity index (χ4v) is 5.59. The number of piperidine rings is 1. The van der Waals surface area contributed by atoms with Gasteiger partial charge in [0.1, 0.15) is 18.2 Å². The van der Waals surface area contributed by atoms with E-state index in [1.165, 1.54) is 11.1 Å². The van der Waals surface area contributed by atoms with Crippen LogP contribution in [0.4, 0.5) is 4.39 Å². The van der Waals surface area contributed by atoms with E-state index in [1.807, 2.05) is 24.3 Å². The minimum atomic E-state index is -0.885. The Morgan fingerprint density at radius 3 is 2.58 bits per heavy atom. The quantitative estimate of drug-likeness (QED) is 0.350. The Labute approximate surface area is 223 Å². The number of allylic oxidation sites excluding steroid dienone is 1. The lowest BCUT2D eigenvalue weighted by Gasteiger charge is -2.39. The molecule has 1 fully saturated rings. The maximum absolute atomic E-state index is 15.0. The van der Waals surface area contributed by atoms with Crippen molar-refractivity contribution in [3.63, 3.8) is 0 Å². The number of ether oxygens (including phenoxy) is 1. The first-order valence-electron chi connectivity index (χ1n) is 13.1. The standard InChI is InChI=1S/C33H32FNO3/c1-2-5-27(21-32(36)37)25-10-12-29(13-11-25)38-23-24-8-9-28(31(34)20-24)22-35-18-16-33(17-19-35)15-14-26-6-3-4-7-30(26)33/h3-4,6-15,20,27H,16-19,21-23H2,1H3,(H,36,37). The number of aliphatic carboxylic acids is 1. The number of halogens is 1. The zero-order valence-corrected chi connectivity index (χ0v) is 21.6. The normalized spacial score (nSPS) is 16.5. The zero-order chi connectivity index (χ0) is 26.5. The molecule has 5 rings (SSSR count). The van der Waals surface area contributed by atoms with Gasteiger partial charge in [-0.25, -0.2) is 4.39 Å². The molecule has 194 valence electrons. The van der Waals surface area contributed by atoms with E-state index in [-0.39, 0.29) is 30.2 Å². The molecular formula is C33H32FNO3. The molecule has 1 aliphatic carbocycles. The maximum Gasteiger partial charge on any atom is 0.304 e. The Morgan fingerprint density at radius 1 is 1.11 bits per heavy atom. The van der Waals surface area contributed by atoms with Gasteiger partial charge in [-0.3, -0.25) is 9.69 Å². The van der Waals surface area contributed by atoms with Crippen LogP contribution in [0.15, 0.2) is 72.8 Å². The summed E-state index contributed by atoms with van der Waals surface area (Å²) in [6, 6.07) is 21.3. The Bertz CT molecular complexity index is 1390. The molecule has 4 nitrogen and oxygen atoms in total. The molecular weight excluding hydrogens is 477 g/mol. The van der Waals surface area contributed by atoms with E-state index < -0.39 is 5.97 Å². The molecule has 3 aromatic carbocycles. The molecule has 0 aromatic heterocycles. The summed E-state index contributed by atoms with van der Waals surface area (Å²) in [5.74, 6) is 4.93. The van der Waals surface area contributed by atoms with Crippen LogP contribution in [0.1, 0.15) is 59.9 Å². The molecule has 1 saturated heterocycles. The van der Waals surface area contributed by atoms with Crippen molar-refractivity contribution in [2.75, 3.05) is 13.1 Å². The van der Waals surface area contributed by atoms with Gasteiger partial charge in [0.2, 0.25) is 0 Å². The van der Waals surface area contributed by atoms with Crippen molar-refractivity contribution in [2.24, 2.45) is 0 Å². The van der Waals surface area contributed by atoms with Crippen LogP contribution in [-0.2, 0) is 23.4 Å². The van der Waals surface area contributed by atoms with Gasteiger partial charge in [-0.05, 0) is 73.3 Å². The number of rotatable bonds is 8. The van der Waals surface area contributed by atoms with Gasteiger partial charge >= 0.3 is 5.97 Å². The number of benzene rings is 3. The largest absolute Gasteiger partial charge is 0.489 e. The summed E-state index contributed by atoms with van der Waals surface area (Å²) in [4.78, 5) is 13.5. The monoisotopic (exact) mass is 509 g/mol. The van der Waals surface area contributed by atoms with Crippen molar-refractivity contribution in [2.45, 2.75) is 50.7 Å². The second-order valence-corrected chi connectivity index (χ2v) is 10.2. The highest BCUT2D eigenvalue weighted by molar-refractivity contribution is 5.69. The van der Waals surface area contributed by atoms with Crippen molar-refractivity contribution >= 4 is 12.0 Å². The highest BCUT2D eigenvalue weighted by atomic mass is 19.1. The van der Waals surface area contributed by atoms with Crippen molar-refractivity contribution in [3.05, 3.63) is 106 Å². The maximum atomic E-state index is 15.0. The van der Waals surface area contributed by atoms with Crippen molar-refractivity contribution in [1.82, 2.24) is 4.90 Å². The van der Waals surface area contributed by atoms with Crippen molar-refractivity contribution in [1.29, 1.82) is 0 Å². The molecule has 0 saturated carbocycles. The smallest absolute Gasteiger partial charge is 0.304 e. The Morgan fingerprint density at radius 2 is 1.87 bits per heavy atom. The average Bonchev–Trinajstić information content (AvgIpc) is 3.28. The minimum Gasteiger partial charge on any atom is -0.489 e. The topological polar surface area (TPSA) is 49.8 Å². The van der Waals surface area contributed by atoms with Gasteiger partial charge in [0.15, 0.2) is 0 Å². The van der Waals surface area contributed by atoms with Gasteiger partial charge in [0.25, 0.3) is 0 Å². The van der Waals surface area contributed by atoms with Gasteiger partial charge in [-0.1, -0.05) is 66.6 Å². The number of hydrogen-bond acceptors (Lipinski definition) is 3. The van der Waals surface area contributed by atoms with Gasteiger partial charge in [0.05, 0.1) is 12.3 Å². The first-order valence-corrected chi connectivity index (χ1v) is 13.1. The Kier molecular flexibility index (Phi) is 7.62. The van der Waals surface area contributed by atoms with Crippen molar-refractivity contribution < 1.29 is 19.0 Å². The zero-order valence-electron chi connectivity index (χ0n) is 21.6. The van der Waals surface area contributed by atoms with Crippen molar-refractivity contribution in [3.8, 4) is 17.6 Å².